The molecule has 23 heavy (non-hydrogen) atoms. The van der Waals surface area contributed by atoms with Crippen LogP contribution < -0.4 is 0 Å². The van der Waals surface area contributed by atoms with E-state index in [-0.39, 0.29) is 11.7 Å². The van der Waals surface area contributed by atoms with Crippen LogP contribution in [0.15, 0.2) is 0 Å². The molecule has 6 nitrogen and oxygen atoms in total. The second-order valence-electron chi connectivity index (χ2n) is 6.64. The van der Waals surface area contributed by atoms with Gasteiger partial charge in [0.2, 0.25) is 5.91 Å². The predicted octanol–water partition coefficient (Wildman–Crippen LogP) is 0.769. The minimum absolute atomic E-state index is 0.0812. The molecule has 134 valence electrons. The van der Waals surface area contributed by atoms with Crippen molar-refractivity contribution < 1.29 is 17.9 Å². The molecule has 2 fully saturated rings. The molecule has 0 aliphatic carbocycles. The Balaban J connectivity index is 2.04. The maximum atomic E-state index is 12.7. The second kappa shape index (κ2) is 7.94. The number of hydrogen-bond donors (Lipinski definition) is 0. The topological polar surface area (TPSA) is 66.9 Å². The summed E-state index contributed by atoms with van der Waals surface area (Å²) in [5, 5.41) is -0.927. The first kappa shape index (κ1) is 18.7. The van der Waals surface area contributed by atoms with E-state index in [4.69, 9.17) is 4.74 Å². The highest BCUT2D eigenvalue weighted by molar-refractivity contribution is 7.92. The molecule has 0 aromatic heterocycles. The largest absolute Gasteiger partial charge is 0.379 e. The molecule has 1 amide bonds. The molecule has 2 rings (SSSR count). The van der Waals surface area contributed by atoms with Crippen molar-refractivity contribution in [2.24, 2.45) is 5.92 Å². The van der Waals surface area contributed by atoms with Gasteiger partial charge in [0.25, 0.3) is 0 Å². The lowest BCUT2D eigenvalue weighted by Crippen LogP contribution is -2.48. The van der Waals surface area contributed by atoms with Crippen molar-refractivity contribution in [2.45, 2.75) is 44.9 Å². The summed E-state index contributed by atoms with van der Waals surface area (Å²) in [4.78, 5) is 16.8. The molecule has 0 aromatic rings. The average Bonchev–Trinajstić information content (AvgIpc) is 2.98. The van der Waals surface area contributed by atoms with Crippen LogP contribution in [0, 0.1) is 5.92 Å². The highest BCUT2D eigenvalue weighted by atomic mass is 32.2. The van der Waals surface area contributed by atoms with Crippen molar-refractivity contribution >= 4 is 15.7 Å². The van der Waals surface area contributed by atoms with Crippen LogP contribution >= 0.6 is 0 Å². The number of nitrogens with zero attached hydrogens (tertiary/aromatic N) is 2. The van der Waals surface area contributed by atoms with E-state index in [1.165, 1.54) is 6.92 Å². The molecule has 0 spiro atoms. The van der Waals surface area contributed by atoms with Gasteiger partial charge in [-0.2, -0.15) is 0 Å². The number of morpholine rings is 1. The van der Waals surface area contributed by atoms with E-state index in [2.05, 4.69) is 11.8 Å². The quantitative estimate of drug-likeness (QED) is 0.711. The number of amides is 1. The van der Waals surface area contributed by atoms with Crippen LogP contribution in [-0.4, -0.2) is 80.6 Å². The highest BCUT2D eigenvalue weighted by Gasteiger charge is 2.41. The third-order valence-electron chi connectivity index (χ3n) is 5.13. The Morgan fingerprint density at radius 2 is 1.87 bits per heavy atom. The zero-order valence-corrected chi connectivity index (χ0v) is 15.3. The molecular weight excluding hydrogens is 316 g/mol. The Kier molecular flexibility index (Phi) is 6.45. The van der Waals surface area contributed by atoms with Crippen LogP contribution in [-0.2, 0) is 19.4 Å². The number of likely N-dealkylation sites (tertiary alicyclic amines) is 1. The first-order valence-corrected chi connectivity index (χ1v) is 10.4. The van der Waals surface area contributed by atoms with Crippen molar-refractivity contribution in [3.05, 3.63) is 0 Å². The van der Waals surface area contributed by atoms with E-state index >= 15 is 0 Å². The van der Waals surface area contributed by atoms with Gasteiger partial charge in [-0.1, -0.05) is 20.3 Å². The molecule has 7 heteroatoms. The summed E-state index contributed by atoms with van der Waals surface area (Å²) < 4.78 is 29.8. The summed E-state index contributed by atoms with van der Waals surface area (Å²) in [5.41, 5.74) is 0. The van der Waals surface area contributed by atoms with Gasteiger partial charge in [0.15, 0.2) is 9.84 Å². The summed E-state index contributed by atoms with van der Waals surface area (Å²) in [6.45, 7) is 10.1. The van der Waals surface area contributed by atoms with Crippen LogP contribution in [0.3, 0.4) is 0 Å². The Morgan fingerprint density at radius 3 is 2.43 bits per heavy atom. The third-order valence-corrected chi connectivity index (χ3v) is 7.39. The SMILES string of the molecule is CCCS(=O)(=O)[C@H](C)C(=O)N1C[C@H](CC)[C@H](N2CCOCC2)C1. The van der Waals surface area contributed by atoms with Crippen molar-refractivity contribution in [1.82, 2.24) is 9.80 Å². The van der Waals surface area contributed by atoms with Crippen LogP contribution in [0.4, 0.5) is 0 Å². The maximum Gasteiger partial charge on any atom is 0.240 e. The smallest absolute Gasteiger partial charge is 0.240 e. The molecule has 0 N–H and O–H groups in total. The van der Waals surface area contributed by atoms with Gasteiger partial charge >= 0.3 is 0 Å². The molecular formula is C16H30N2O4S. The molecule has 0 unspecified atom stereocenters. The molecule has 0 aromatic carbocycles. The van der Waals surface area contributed by atoms with Gasteiger partial charge in [0.05, 0.1) is 19.0 Å². The number of ether oxygens (including phenoxy) is 1. The number of carbonyl (C=O) groups is 1. The van der Waals surface area contributed by atoms with Crippen LogP contribution in [0.2, 0.25) is 0 Å². The fraction of sp³-hybridized carbons (Fsp3) is 0.938. The number of hydrogen-bond acceptors (Lipinski definition) is 5. The van der Waals surface area contributed by atoms with Crippen LogP contribution in [0.1, 0.15) is 33.6 Å². The Bertz CT molecular complexity index is 502. The van der Waals surface area contributed by atoms with Crippen LogP contribution in [0.5, 0.6) is 0 Å². The fourth-order valence-electron chi connectivity index (χ4n) is 3.63. The maximum absolute atomic E-state index is 12.7. The van der Waals surface area contributed by atoms with E-state index in [1.807, 2.05) is 6.92 Å². The summed E-state index contributed by atoms with van der Waals surface area (Å²) in [6.07, 6.45) is 1.55. The minimum atomic E-state index is -3.34. The molecule has 2 aliphatic heterocycles. The van der Waals surface area contributed by atoms with Crippen molar-refractivity contribution in [3.8, 4) is 0 Å². The molecule has 0 radical (unpaired) electrons. The van der Waals surface area contributed by atoms with Crippen molar-refractivity contribution in [1.29, 1.82) is 0 Å². The van der Waals surface area contributed by atoms with E-state index in [0.29, 0.717) is 31.5 Å². The number of sulfone groups is 1. The van der Waals surface area contributed by atoms with Crippen LogP contribution in [0.25, 0.3) is 0 Å². The molecule has 2 saturated heterocycles. The highest BCUT2D eigenvalue weighted by Crippen LogP contribution is 2.27. The van der Waals surface area contributed by atoms with Gasteiger partial charge in [0, 0.05) is 32.2 Å². The monoisotopic (exact) mass is 346 g/mol. The zero-order valence-electron chi connectivity index (χ0n) is 14.5. The minimum Gasteiger partial charge on any atom is -0.379 e. The average molecular weight is 346 g/mol. The van der Waals surface area contributed by atoms with Gasteiger partial charge in [-0.3, -0.25) is 9.69 Å². The Morgan fingerprint density at radius 1 is 1.22 bits per heavy atom. The van der Waals surface area contributed by atoms with E-state index < -0.39 is 15.1 Å². The Hall–Kier alpha value is -0.660. The molecule has 2 aliphatic rings. The van der Waals surface area contributed by atoms with Gasteiger partial charge in [0.1, 0.15) is 5.25 Å². The van der Waals surface area contributed by atoms with Crippen molar-refractivity contribution in [3.63, 3.8) is 0 Å². The molecule has 0 bridgehead atoms. The first-order valence-electron chi connectivity index (χ1n) is 8.72. The van der Waals surface area contributed by atoms with Gasteiger partial charge in [-0.15, -0.1) is 0 Å². The van der Waals surface area contributed by atoms with E-state index in [1.54, 1.807) is 4.90 Å². The summed E-state index contributed by atoms with van der Waals surface area (Å²) in [6, 6.07) is 0.328. The lowest BCUT2D eigenvalue weighted by Gasteiger charge is -2.34. The predicted molar refractivity (Wildman–Crippen MR) is 90.1 cm³/mol. The van der Waals surface area contributed by atoms with E-state index in [0.717, 1.165) is 32.7 Å². The summed E-state index contributed by atoms with van der Waals surface area (Å²) in [5.74, 6) is 0.267. The number of carbonyl (C=O) groups excluding carboxylic acids is 1. The fourth-order valence-corrected chi connectivity index (χ4v) is 5.01. The standard InChI is InChI=1S/C16H30N2O4S/c1-4-10-23(20,21)13(3)16(19)18-11-14(5-2)15(12-18)17-6-8-22-9-7-17/h13-15H,4-12H2,1-3H3/t13-,14+,15-/m1/s1. The molecule has 0 saturated carbocycles. The lowest BCUT2D eigenvalue weighted by atomic mass is 9.99. The van der Waals surface area contributed by atoms with Gasteiger partial charge < -0.3 is 9.64 Å². The molecule has 3 atom stereocenters. The summed E-state index contributed by atoms with van der Waals surface area (Å²) >= 11 is 0. The normalized spacial score (nSPS) is 28.0. The third kappa shape index (κ3) is 4.25. The second-order valence-corrected chi connectivity index (χ2v) is 9.08. The zero-order chi connectivity index (χ0) is 17.0. The summed E-state index contributed by atoms with van der Waals surface area (Å²) in [7, 11) is -3.34. The lowest BCUT2D eigenvalue weighted by molar-refractivity contribution is -0.129. The van der Waals surface area contributed by atoms with Gasteiger partial charge in [-0.25, -0.2) is 8.42 Å². The first-order chi connectivity index (χ1) is 10.9. The number of rotatable bonds is 6. The van der Waals surface area contributed by atoms with Crippen molar-refractivity contribution in [2.75, 3.05) is 45.1 Å². The Labute approximate surface area is 140 Å². The van der Waals surface area contributed by atoms with Gasteiger partial charge in [-0.05, 0) is 19.3 Å². The van der Waals surface area contributed by atoms with E-state index in [9.17, 15) is 13.2 Å². The molecule has 2 heterocycles.